The molecule has 1 aliphatic carbocycles. The lowest BCUT2D eigenvalue weighted by atomic mass is 9.90. The molecule has 0 spiro atoms. The number of esters is 1. The quantitative estimate of drug-likeness (QED) is 0.619. The first-order chi connectivity index (χ1) is 8.79. The molecule has 0 atom stereocenters. The summed E-state index contributed by atoms with van der Waals surface area (Å²) in [4.78, 5) is 24.0. The number of hydrogen-bond donors (Lipinski definition) is 1. The van der Waals surface area contributed by atoms with E-state index in [-0.39, 0.29) is 5.97 Å². The number of alkyl carbamates (subject to hydrolysis) is 1. The van der Waals surface area contributed by atoms with E-state index >= 15 is 0 Å². The third-order valence-corrected chi connectivity index (χ3v) is 3.27. The van der Waals surface area contributed by atoms with E-state index in [4.69, 9.17) is 9.47 Å². The Kier molecular flexibility index (Phi) is 5.20. The van der Waals surface area contributed by atoms with Gasteiger partial charge in [0, 0.05) is 0 Å². The van der Waals surface area contributed by atoms with Gasteiger partial charge >= 0.3 is 12.1 Å². The van der Waals surface area contributed by atoms with Gasteiger partial charge in [-0.05, 0) is 33.6 Å². The average Bonchev–Trinajstić information content (AvgIpc) is 2.52. The van der Waals surface area contributed by atoms with Crippen LogP contribution in [-0.4, -0.2) is 30.3 Å². The Bertz CT molecular complexity index is 325. The van der Waals surface area contributed by atoms with Crippen LogP contribution in [0.3, 0.4) is 0 Å². The van der Waals surface area contributed by atoms with Gasteiger partial charge in [-0.25, -0.2) is 9.59 Å². The number of rotatable bonds is 2. The first-order valence-electron chi connectivity index (χ1n) is 6.89. The van der Waals surface area contributed by atoms with Gasteiger partial charge in [-0.3, -0.25) is 0 Å². The second kappa shape index (κ2) is 6.26. The number of methoxy groups -OCH3 is 1. The fraction of sp³-hybridized carbons (Fsp3) is 0.857. The van der Waals surface area contributed by atoms with Crippen LogP contribution in [0.15, 0.2) is 0 Å². The van der Waals surface area contributed by atoms with E-state index in [2.05, 4.69) is 5.32 Å². The largest absolute Gasteiger partial charge is 0.467 e. The van der Waals surface area contributed by atoms with E-state index in [1.54, 1.807) is 20.8 Å². The van der Waals surface area contributed by atoms with Crippen molar-refractivity contribution in [1.82, 2.24) is 5.32 Å². The molecular weight excluding hydrogens is 246 g/mol. The zero-order valence-electron chi connectivity index (χ0n) is 12.4. The van der Waals surface area contributed by atoms with Crippen LogP contribution < -0.4 is 5.32 Å². The molecule has 0 aliphatic heterocycles. The molecule has 0 heterocycles. The topological polar surface area (TPSA) is 64.6 Å². The molecule has 0 aromatic heterocycles. The summed E-state index contributed by atoms with van der Waals surface area (Å²) in [6.45, 7) is 5.39. The third kappa shape index (κ3) is 4.73. The van der Waals surface area contributed by atoms with Crippen LogP contribution in [0.25, 0.3) is 0 Å². The number of hydrogen-bond acceptors (Lipinski definition) is 4. The van der Waals surface area contributed by atoms with Crippen LogP contribution in [-0.2, 0) is 14.3 Å². The third-order valence-electron chi connectivity index (χ3n) is 3.27. The van der Waals surface area contributed by atoms with Crippen molar-refractivity contribution in [1.29, 1.82) is 0 Å². The van der Waals surface area contributed by atoms with Gasteiger partial charge in [-0.1, -0.05) is 25.7 Å². The summed E-state index contributed by atoms with van der Waals surface area (Å²) in [5, 5.41) is 2.74. The first-order valence-corrected chi connectivity index (χ1v) is 6.89. The Morgan fingerprint density at radius 3 is 2.00 bits per heavy atom. The van der Waals surface area contributed by atoms with Crippen LogP contribution in [0.4, 0.5) is 4.79 Å². The molecule has 1 amide bonds. The van der Waals surface area contributed by atoms with Crippen LogP contribution >= 0.6 is 0 Å². The summed E-state index contributed by atoms with van der Waals surface area (Å²) >= 11 is 0. The van der Waals surface area contributed by atoms with Crippen LogP contribution in [0, 0.1) is 0 Å². The van der Waals surface area contributed by atoms with Crippen molar-refractivity contribution in [3.8, 4) is 0 Å². The number of carbonyl (C=O) groups is 2. The molecule has 0 bridgehead atoms. The Hall–Kier alpha value is -1.26. The number of carbonyl (C=O) groups excluding carboxylic acids is 2. The minimum absolute atomic E-state index is 0.375. The molecular formula is C14H25NO4. The highest BCUT2D eigenvalue weighted by molar-refractivity contribution is 5.85. The van der Waals surface area contributed by atoms with Crippen molar-refractivity contribution in [3.63, 3.8) is 0 Å². The zero-order valence-corrected chi connectivity index (χ0v) is 12.4. The summed E-state index contributed by atoms with van der Waals surface area (Å²) in [5.74, 6) is -0.375. The van der Waals surface area contributed by atoms with Gasteiger partial charge < -0.3 is 14.8 Å². The molecule has 1 N–H and O–H groups in total. The second-order valence-electron chi connectivity index (χ2n) is 6.11. The minimum atomic E-state index is -0.923. The molecule has 19 heavy (non-hydrogen) atoms. The standard InChI is InChI=1S/C14H25NO4/c1-13(2,3)19-12(17)15-14(11(16)18-4)9-7-5-6-8-10-14/h5-10H2,1-4H3,(H,15,17). The number of nitrogens with one attached hydrogen (secondary N) is 1. The van der Waals surface area contributed by atoms with Gasteiger partial charge in [0.05, 0.1) is 7.11 Å². The van der Waals surface area contributed by atoms with Gasteiger partial charge in [-0.15, -0.1) is 0 Å². The summed E-state index contributed by atoms with van der Waals surface area (Å²) in [6, 6.07) is 0. The van der Waals surface area contributed by atoms with Crippen molar-refractivity contribution in [3.05, 3.63) is 0 Å². The monoisotopic (exact) mass is 271 g/mol. The molecule has 1 fully saturated rings. The molecule has 0 radical (unpaired) electrons. The smallest absolute Gasteiger partial charge is 0.408 e. The highest BCUT2D eigenvalue weighted by atomic mass is 16.6. The van der Waals surface area contributed by atoms with Gasteiger partial charge in [0.25, 0.3) is 0 Å². The number of ether oxygens (including phenoxy) is 2. The van der Waals surface area contributed by atoms with E-state index < -0.39 is 17.2 Å². The van der Waals surface area contributed by atoms with Crippen molar-refractivity contribution in [2.75, 3.05) is 7.11 Å². The maximum Gasteiger partial charge on any atom is 0.408 e. The molecule has 5 heteroatoms. The van der Waals surface area contributed by atoms with Gasteiger partial charge in [0.15, 0.2) is 0 Å². The van der Waals surface area contributed by atoms with Gasteiger partial charge in [0.2, 0.25) is 0 Å². The first kappa shape index (κ1) is 15.8. The SMILES string of the molecule is COC(=O)C1(NC(=O)OC(C)(C)C)CCCCCC1. The summed E-state index contributed by atoms with van der Waals surface area (Å²) < 4.78 is 10.1. The lowest BCUT2D eigenvalue weighted by molar-refractivity contribution is -0.149. The lowest BCUT2D eigenvalue weighted by Gasteiger charge is -2.32. The van der Waals surface area contributed by atoms with Crippen LogP contribution in [0.5, 0.6) is 0 Å². The Balaban J connectivity index is 2.79. The molecule has 110 valence electrons. The maximum atomic E-state index is 12.1. The van der Waals surface area contributed by atoms with E-state index in [0.717, 1.165) is 25.7 Å². The van der Waals surface area contributed by atoms with E-state index in [1.807, 2.05) is 0 Å². The van der Waals surface area contributed by atoms with Crippen molar-refractivity contribution in [2.45, 2.75) is 70.4 Å². The summed E-state index contributed by atoms with van der Waals surface area (Å²) in [7, 11) is 1.35. The fourth-order valence-corrected chi connectivity index (χ4v) is 2.41. The molecule has 0 aromatic rings. The van der Waals surface area contributed by atoms with Gasteiger partial charge in [0.1, 0.15) is 11.1 Å². The molecule has 1 saturated carbocycles. The minimum Gasteiger partial charge on any atom is -0.467 e. The predicted octanol–water partition coefficient (Wildman–Crippen LogP) is 2.78. The van der Waals surface area contributed by atoms with Gasteiger partial charge in [-0.2, -0.15) is 0 Å². The molecule has 0 unspecified atom stereocenters. The van der Waals surface area contributed by atoms with Crippen molar-refractivity contribution < 1.29 is 19.1 Å². The molecule has 1 aliphatic rings. The summed E-state index contributed by atoms with van der Waals surface area (Å²) in [6.07, 6.45) is 4.64. The zero-order chi connectivity index (χ0) is 14.5. The maximum absolute atomic E-state index is 12.1. The molecule has 0 aromatic carbocycles. The fourth-order valence-electron chi connectivity index (χ4n) is 2.41. The highest BCUT2D eigenvalue weighted by Gasteiger charge is 2.42. The lowest BCUT2D eigenvalue weighted by Crippen LogP contribution is -2.55. The van der Waals surface area contributed by atoms with E-state index in [1.165, 1.54) is 7.11 Å². The van der Waals surface area contributed by atoms with E-state index in [0.29, 0.717) is 12.8 Å². The van der Waals surface area contributed by atoms with Crippen molar-refractivity contribution in [2.24, 2.45) is 0 Å². The Morgan fingerprint density at radius 1 is 1.05 bits per heavy atom. The predicted molar refractivity (Wildman–Crippen MR) is 71.8 cm³/mol. The van der Waals surface area contributed by atoms with Crippen LogP contribution in [0.1, 0.15) is 59.3 Å². The Morgan fingerprint density at radius 2 is 1.58 bits per heavy atom. The van der Waals surface area contributed by atoms with Crippen molar-refractivity contribution >= 4 is 12.1 Å². The molecule has 5 nitrogen and oxygen atoms in total. The Labute approximate surface area is 115 Å². The normalized spacial score (nSPS) is 19.2. The molecule has 0 saturated heterocycles. The average molecular weight is 271 g/mol. The van der Waals surface area contributed by atoms with Crippen LogP contribution in [0.2, 0.25) is 0 Å². The summed E-state index contributed by atoms with van der Waals surface area (Å²) in [5.41, 5.74) is -1.50. The highest BCUT2D eigenvalue weighted by Crippen LogP contribution is 2.28. The molecule has 1 rings (SSSR count). The van der Waals surface area contributed by atoms with E-state index in [9.17, 15) is 9.59 Å². The number of amides is 1. The second-order valence-corrected chi connectivity index (χ2v) is 6.11.